The molecule has 2 atom stereocenters. The molecule has 0 saturated heterocycles. The number of hydrogen-bond donors (Lipinski definition) is 2. The normalized spacial score (nSPS) is 20.8. The van der Waals surface area contributed by atoms with Gasteiger partial charge in [0, 0.05) is 11.4 Å². The Kier molecular flexibility index (Phi) is 6.44. The quantitative estimate of drug-likeness (QED) is 0.788. The molecular weight excluding hydrogens is 290 g/mol. The summed E-state index contributed by atoms with van der Waals surface area (Å²) in [5, 5.41) is 7.50. The molecule has 1 aromatic rings. The monoisotopic (exact) mass is 317 g/mol. The average Bonchev–Trinajstić information content (AvgIpc) is 2.56. The summed E-state index contributed by atoms with van der Waals surface area (Å²) >= 11 is 0. The summed E-state index contributed by atoms with van der Waals surface area (Å²) in [5.41, 5.74) is 4.69. The molecule has 0 bridgehead atoms. The third-order valence-corrected chi connectivity index (χ3v) is 4.14. The zero-order chi connectivity index (χ0) is 16.7. The molecular formula is C18H27N3O2. The average molecular weight is 317 g/mol. The van der Waals surface area contributed by atoms with Gasteiger partial charge in [0.05, 0.1) is 6.61 Å². The molecule has 0 unspecified atom stereocenters. The second kappa shape index (κ2) is 8.56. The van der Waals surface area contributed by atoms with Crippen molar-refractivity contribution in [1.29, 1.82) is 0 Å². The molecule has 126 valence electrons. The number of hydrazone groups is 1. The van der Waals surface area contributed by atoms with E-state index in [-0.39, 0.29) is 11.9 Å². The van der Waals surface area contributed by atoms with Crippen molar-refractivity contribution in [2.75, 3.05) is 11.9 Å². The molecule has 0 radical (unpaired) electrons. The first kappa shape index (κ1) is 17.3. The maximum atomic E-state index is 12.2. The fourth-order valence-electron chi connectivity index (χ4n) is 2.69. The predicted molar refractivity (Wildman–Crippen MR) is 93.9 cm³/mol. The molecule has 23 heavy (non-hydrogen) atoms. The van der Waals surface area contributed by atoms with Crippen molar-refractivity contribution in [2.24, 2.45) is 11.0 Å². The minimum Gasteiger partial charge on any atom is -0.494 e. The molecule has 5 heteroatoms. The number of rotatable bonds is 6. The number of ether oxygens (including phenoxy) is 1. The number of carbonyl (C=O) groups excluding carboxylic acids is 1. The first-order valence-electron chi connectivity index (χ1n) is 8.46. The van der Waals surface area contributed by atoms with Crippen LogP contribution in [-0.4, -0.2) is 24.3 Å². The molecule has 1 fully saturated rings. The zero-order valence-corrected chi connectivity index (χ0v) is 14.3. The first-order chi connectivity index (χ1) is 11.1. The Balaban J connectivity index is 1.85. The van der Waals surface area contributed by atoms with E-state index < -0.39 is 0 Å². The third-order valence-electron chi connectivity index (χ3n) is 4.14. The number of anilines is 1. The lowest BCUT2D eigenvalue weighted by Crippen LogP contribution is -2.36. The minimum absolute atomic E-state index is 0.121. The van der Waals surface area contributed by atoms with Gasteiger partial charge in [0.25, 0.3) is 5.91 Å². The lowest BCUT2D eigenvalue weighted by Gasteiger charge is -2.20. The van der Waals surface area contributed by atoms with Crippen LogP contribution >= 0.6 is 0 Å². The highest BCUT2D eigenvalue weighted by atomic mass is 16.5. The molecule has 1 aliphatic rings. The SMILES string of the molecule is CCOc1ccc(N[C@@H](C)C(=O)N/N=C2/CCCC[C@@H]2C)cc1. The van der Waals surface area contributed by atoms with Gasteiger partial charge in [0.1, 0.15) is 11.8 Å². The highest BCUT2D eigenvalue weighted by Crippen LogP contribution is 2.20. The van der Waals surface area contributed by atoms with E-state index in [1.54, 1.807) is 0 Å². The Morgan fingerprint density at radius 3 is 2.74 bits per heavy atom. The van der Waals surface area contributed by atoms with E-state index in [0.717, 1.165) is 30.0 Å². The van der Waals surface area contributed by atoms with Gasteiger partial charge < -0.3 is 10.1 Å². The molecule has 1 amide bonds. The standard InChI is InChI=1S/C18H27N3O2/c1-4-23-16-11-9-15(10-12-16)19-14(3)18(22)21-20-17-8-6-5-7-13(17)2/h9-14,19H,4-8H2,1-3H3,(H,21,22)/b20-17-/t13-,14-/m0/s1. The van der Waals surface area contributed by atoms with Gasteiger partial charge in [-0.1, -0.05) is 13.3 Å². The molecule has 1 aromatic carbocycles. The maximum Gasteiger partial charge on any atom is 0.262 e. The molecule has 1 saturated carbocycles. The summed E-state index contributed by atoms with van der Waals surface area (Å²) in [6.07, 6.45) is 4.57. The van der Waals surface area contributed by atoms with Crippen molar-refractivity contribution >= 4 is 17.3 Å². The Hall–Kier alpha value is -2.04. The van der Waals surface area contributed by atoms with Crippen molar-refractivity contribution < 1.29 is 9.53 Å². The Morgan fingerprint density at radius 2 is 2.09 bits per heavy atom. The molecule has 0 aliphatic heterocycles. The van der Waals surface area contributed by atoms with Gasteiger partial charge >= 0.3 is 0 Å². The van der Waals surface area contributed by atoms with Crippen molar-refractivity contribution in [3.05, 3.63) is 24.3 Å². The predicted octanol–water partition coefficient (Wildman–Crippen LogP) is 3.57. The van der Waals surface area contributed by atoms with Gasteiger partial charge in [0.2, 0.25) is 0 Å². The summed E-state index contributed by atoms with van der Waals surface area (Å²) in [7, 11) is 0. The molecule has 0 heterocycles. The second-order valence-electron chi connectivity index (χ2n) is 6.05. The van der Waals surface area contributed by atoms with E-state index in [1.807, 2.05) is 38.1 Å². The minimum atomic E-state index is -0.351. The summed E-state index contributed by atoms with van der Waals surface area (Å²) in [4.78, 5) is 12.2. The van der Waals surface area contributed by atoms with Gasteiger partial charge in [-0.15, -0.1) is 0 Å². The van der Waals surface area contributed by atoms with E-state index in [4.69, 9.17) is 4.74 Å². The van der Waals surface area contributed by atoms with Crippen molar-refractivity contribution in [2.45, 2.75) is 52.5 Å². The van der Waals surface area contributed by atoms with E-state index in [0.29, 0.717) is 12.5 Å². The Morgan fingerprint density at radius 1 is 1.35 bits per heavy atom. The van der Waals surface area contributed by atoms with Crippen molar-refractivity contribution in [3.63, 3.8) is 0 Å². The van der Waals surface area contributed by atoms with Crippen LogP contribution in [0.1, 0.15) is 46.5 Å². The van der Waals surface area contributed by atoms with Gasteiger partial charge in [-0.25, -0.2) is 5.43 Å². The summed E-state index contributed by atoms with van der Waals surface area (Å²) in [6.45, 7) is 6.60. The maximum absolute atomic E-state index is 12.2. The van der Waals surface area contributed by atoms with Crippen LogP contribution in [0.3, 0.4) is 0 Å². The number of benzene rings is 1. The number of carbonyl (C=O) groups is 1. The van der Waals surface area contributed by atoms with Crippen LogP contribution in [0, 0.1) is 5.92 Å². The summed E-state index contributed by atoms with van der Waals surface area (Å²) in [6, 6.07) is 7.24. The van der Waals surface area contributed by atoms with E-state index in [1.165, 1.54) is 12.8 Å². The first-order valence-corrected chi connectivity index (χ1v) is 8.46. The van der Waals surface area contributed by atoms with Crippen LogP contribution in [-0.2, 0) is 4.79 Å². The molecule has 2 N–H and O–H groups in total. The topological polar surface area (TPSA) is 62.7 Å². The number of amides is 1. The molecule has 2 rings (SSSR count). The smallest absolute Gasteiger partial charge is 0.262 e. The second-order valence-corrected chi connectivity index (χ2v) is 6.05. The van der Waals surface area contributed by atoms with Crippen LogP contribution in [0.15, 0.2) is 29.4 Å². The highest BCUT2D eigenvalue weighted by Gasteiger charge is 2.17. The molecule has 5 nitrogen and oxygen atoms in total. The van der Waals surface area contributed by atoms with Crippen LogP contribution in [0.25, 0.3) is 0 Å². The fraction of sp³-hybridized carbons (Fsp3) is 0.556. The molecule has 1 aliphatic carbocycles. The Bertz CT molecular complexity index is 540. The Labute approximate surface area is 138 Å². The largest absolute Gasteiger partial charge is 0.494 e. The fourth-order valence-corrected chi connectivity index (χ4v) is 2.69. The third kappa shape index (κ3) is 5.27. The van der Waals surface area contributed by atoms with Crippen LogP contribution < -0.4 is 15.5 Å². The van der Waals surface area contributed by atoms with E-state index in [2.05, 4.69) is 22.8 Å². The lowest BCUT2D eigenvalue weighted by atomic mass is 9.89. The van der Waals surface area contributed by atoms with E-state index >= 15 is 0 Å². The van der Waals surface area contributed by atoms with Gasteiger partial charge in [0.15, 0.2) is 0 Å². The van der Waals surface area contributed by atoms with Gasteiger partial charge in [-0.2, -0.15) is 5.10 Å². The van der Waals surface area contributed by atoms with Crippen LogP contribution in [0.2, 0.25) is 0 Å². The van der Waals surface area contributed by atoms with Gasteiger partial charge in [-0.3, -0.25) is 4.79 Å². The number of nitrogens with one attached hydrogen (secondary N) is 2. The van der Waals surface area contributed by atoms with Crippen LogP contribution in [0.5, 0.6) is 5.75 Å². The molecule has 0 aromatic heterocycles. The lowest BCUT2D eigenvalue weighted by molar-refractivity contribution is -0.121. The van der Waals surface area contributed by atoms with Gasteiger partial charge in [-0.05, 0) is 63.3 Å². The number of nitrogens with zero attached hydrogens (tertiary/aromatic N) is 1. The van der Waals surface area contributed by atoms with Crippen molar-refractivity contribution in [1.82, 2.24) is 5.43 Å². The summed E-state index contributed by atoms with van der Waals surface area (Å²) < 4.78 is 5.40. The highest BCUT2D eigenvalue weighted by molar-refractivity contribution is 5.90. The molecule has 0 spiro atoms. The number of hydrogen-bond acceptors (Lipinski definition) is 4. The summed E-state index contributed by atoms with van der Waals surface area (Å²) in [5.74, 6) is 1.18. The zero-order valence-electron chi connectivity index (χ0n) is 14.3. The van der Waals surface area contributed by atoms with Crippen LogP contribution in [0.4, 0.5) is 5.69 Å². The van der Waals surface area contributed by atoms with E-state index in [9.17, 15) is 4.79 Å². The van der Waals surface area contributed by atoms with Crippen molar-refractivity contribution in [3.8, 4) is 5.75 Å².